The Kier molecular flexibility index (Phi) is 21.2. The van der Waals surface area contributed by atoms with Gasteiger partial charge in [0.1, 0.15) is 0 Å². The van der Waals surface area contributed by atoms with Gasteiger partial charge in [0.25, 0.3) is 0 Å². The van der Waals surface area contributed by atoms with E-state index in [0.29, 0.717) is 0 Å². The van der Waals surface area contributed by atoms with E-state index in [1.165, 1.54) is 129 Å². The lowest BCUT2D eigenvalue weighted by molar-refractivity contribution is 0.215. The van der Waals surface area contributed by atoms with Crippen LogP contribution < -0.4 is 0 Å². The lowest BCUT2D eigenvalue weighted by Gasteiger charge is -2.27. The third-order valence-electron chi connectivity index (χ3n) is 6.10. The summed E-state index contributed by atoms with van der Waals surface area (Å²) < 4.78 is 0. The second kappa shape index (κ2) is 21.3. The van der Waals surface area contributed by atoms with Crippen molar-refractivity contribution in [1.82, 2.24) is 4.90 Å². The third kappa shape index (κ3) is 17.4. The first-order valence-electron chi connectivity index (χ1n) is 12.5. The zero-order valence-corrected chi connectivity index (χ0v) is 19.2. The summed E-state index contributed by atoms with van der Waals surface area (Å²) in [5.74, 6) is 0. The predicted molar refractivity (Wildman–Crippen MR) is 121 cm³/mol. The molecule has 26 heavy (non-hydrogen) atoms. The molecule has 0 aromatic carbocycles. The van der Waals surface area contributed by atoms with Gasteiger partial charge in [-0.1, -0.05) is 124 Å². The van der Waals surface area contributed by atoms with Crippen molar-refractivity contribution >= 4 is 0 Å². The lowest BCUT2D eigenvalue weighted by Crippen LogP contribution is -2.32. The molecule has 1 unspecified atom stereocenters. The number of hydrogen-bond donors (Lipinski definition) is 0. The number of nitrogens with zero attached hydrogens (tertiary/aromatic N) is 1. The minimum atomic E-state index is 0.823. The van der Waals surface area contributed by atoms with Crippen molar-refractivity contribution in [3.05, 3.63) is 0 Å². The van der Waals surface area contributed by atoms with Crippen molar-refractivity contribution in [2.24, 2.45) is 0 Å². The fraction of sp³-hybridized carbons (Fsp3) is 1.00. The molecular formula is C25H53N. The van der Waals surface area contributed by atoms with E-state index < -0.39 is 0 Å². The molecule has 0 fully saturated rings. The van der Waals surface area contributed by atoms with E-state index in [1.807, 2.05) is 0 Å². The van der Waals surface area contributed by atoms with Gasteiger partial charge in [-0.3, -0.25) is 0 Å². The molecule has 0 saturated heterocycles. The molecule has 0 aromatic heterocycles. The summed E-state index contributed by atoms with van der Waals surface area (Å²) in [5.41, 5.74) is 0. The van der Waals surface area contributed by atoms with Crippen LogP contribution >= 0.6 is 0 Å². The normalized spacial score (nSPS) is 12.8. The Morgan fingerprint density at radius 2 is 0.885 bits per heavy atom. The maximum atomic E-state index is 2.64. The Morgan fingerprint density at radius 1 is 0.500 bits per heavy atom. The van der Waals surface area contributed by atoms with E-state index in [1.54, 1.807) is 0 Å². The zero-order chi connectivity index (χ0) is 19.3. The monoisotopic (exact) mass is 367 g/mol. The van der Waals surface area contributed by atoms with Gasteiger partial charge in [0.2, 0.25) is 0 Å². The fourth-order valence-electron chi connectivity index (χ4n) is 4.10. The molecule has 1 nitrogen and oxygen atoms in total. The van der Waals surface area contributed by atoms with E-state index in [0.717, 1.165) is 6.04 Å². The molecule has 0 N–H and O–H groups in total. The Balaban J connectivity index is 3.36. The smallest absolute Gasteiger partial charge is 0.00895 e. The molecule has 1 heteroatoms. The van der Waals surface area contributed by atoms with Crippen LogP contribution in [0.4, 0.5) is 0 Å². The molecule has 158 valence electrons. The molecule has 0 aromatic rings. The van der Waals surface area contributed by atoms with Crippen molar-refractivity contribution in [2.45, 2.75) is 149 Å². The van der Waals surface area contributed by atoms with Crippen molar-refractivity contribution < 1.29 is 0 Å². The molecule has 0 heterocycles. The standard InChI is InChI=1S/C25H53N/c1-5-8-10-12-13-14-15-16-17-18-19-20-22-24-26(4)25(7-3)23-21-11-9-6-2/h25H,5-24H2,1-4H3. The Hall–Kier alpha value is -0.0400. The first kappa shape index (κ1) is 26.0. The maximum Gasteiger partial charge on any atom is 0.00895 e. The highest BCUT2D eigenvalue weighted by atomic mass is 15.1. The zero-order valence-electron chi connectivity index (χ0n) is 19.2. The van der Waals surface area contributed by atoms with Gasteiger partial charge in [0.15, 0.2) is 0 Å². The van der Waals surface area contributed by atoms with Crippen LogP contribution in [-0.2, 0) is 0 Å². The van der Waals surface area contributed by atoms with Gasteiger partial charge < -0.3 is 4.90 Å². The van der Waals surface area contributed by atoms with Gasteiger partial charge in [-0.2, -0.15) is 0 Å². The summed E-state index contributed by atoms with van der Waals surface area (Å²) >= 11 is 0. The SMILES string of the molecule is CCCCCCCCCCCCCCCN(C)C(CC)CCCCCC. The van der Waals surface area contributed by atoms with Crippen molar-refractivity contribution in [1.29, 1.82) is 0 Å². The fourth-order valence-corrected chi connectivity index (χ4v) is 4.10. The largest absolute Gasteiger partial charge is 0.303 e. The molecule has 0 spiro atoms. The molecule has 0 amide bonds. The molecule has 1 atom stereocenters. The van der Waals surface area contributed by atoms with Gasteiger partial charge >= 0.3 is 0 Å². The van der Waals surface area contributed by atoms with Gasteiger partial charge in [0.05, 0.1) is 0 Å². The average Bonchev–Trinajstić information content (AvgIpc) is 2.65. The molecule has 0 aliphatic rings. The van der Waals surface area contributed by atoms with Crippen LogP contribution in [0.25, 0.3) is 0 Å². The van der Waals surface area contributed by atoms with Crippen LogP contribution in [-0.4, -0.2) is 24.5 Å². The van der Waals surface area contributed by atoms with Gasteiger partial charge in [-0.05, 0) is 32.9 Å². The summed E-state index contributed by atoms with van der Waals surface area (Å²) in [6.07, 6.45) is 27.2. The first-order chi connectivity index (χ1) is 12.8. The third-order valence-corrected chi connectivity index (χ3v) is 6.10. The number of rotatable bonds is 21. The highest BCUT2D eigenvalue weighted by molar-refractivity contribution is 4.67. The lowest BCUT2D eigenvalue weighted by atomic mass is 10.0. The van der Waals surface area contributed by atoms with E-state index >= 15 is 0 Å². The Bertz CT molecular complexity index is 251. The number of hydrogen-bond acceptors (Lipinski definition) is 1. The van der Waals surface area contributed by atoms with Crippen LogP contribution in [0, 0.1) is 0 Å². The summed E-state index contributed by atoms with van der Waals surface area (Å²) in [6.45, 7) is 8.28. The molecule has 0 radical (unpaired) electrons. The molecule has 0 aliphatic carbocycles. The first-order valence-corrected chi connectivity index (χ1v) is 12.5. The van der Waals surface area contributed by atoms with Crippen LogP contribution in [0.2, 0.25) is 0 Å². The minimum Gasteiger partial charge on any atom is -0.303 e. The molecule has 0 bridgehead atoms. The van der Waals surface area contributed by atoms with Crippen molar-refractivity contribution in [3.63, 3.8) is 0 Å². The van der Waals surface area contributed by atoms with Crippen molar-refractivity contribution in [3.8, 4) is 0 Å². The van der Waals surface area contributed by atoms with E-state index in [9.17, 15) is 0 Å². The topological polar surface area (TPSA) is 3.24 Å². The van der Waals surface area contributed by atoms with E-state index in [4.69, 9.17) is 0 Å². The summed E-state index contributed by atoms with van der Waals surface area (Å²) in [7, 11) is 2.36. The second-order valence-corrected chi connectivity index (χ2v) is 8.63. The molecular weight excluding hydrogens is 314 g/mol. The highest BCUT2D eigenvalue weighted by Gasteiger charge is 2.11. The van der Waals surface area contributed by atoms with Crippen LogP contribution in [0.1, 0.15) is 143 Å². The molecule has 0 aliphatic heterocycles. The summed E-state index contributed by atoms with van der Waals surface area (Å²) in [4.78, 5) is 2.64. The summed E-state index contributed by atoms with van der Waals surface area (Å²) in [6, 6.07) is 0.823. The Morgan fingerprint density at radius 3 is 1.31 bits per heavy atom. The summed E-state index contributed by atoms with van der Waals surface area (Å²) in [5, 5.41) is 0. The van der Waals surface area contributed by atoms with E-state index in [2.05, 4.69) is 32.7 Å². The molecule has 0 rings (SSSR count). The van der Waals surface area contributed by atoms with Crippen LogP contribution in [0.3, 0.4) is 0 Å². The quantitative estimate of drug-likeness (QED) is 0.183. The van der Waals surface area contributed by atoms with Gasteiger partial charge in [-0.25, -0.2) is 0 Å². The van der Waals surface area contributed by atoms with Crippen LogP contribution in [0.15, 0.2) is 0 Å². The minimum absolute atomic E-state index is 0.823. The van der Waals surface area contributed by atoms with Crippen molar-refractivity contribution in [2.75, 3.05) is 13.6 Å². The number of unbranched alkanes of at least 4 members (excludes halogenated alkanes) is 15. The van der Waals surface area contributed by atoms with Gasteiger partial charge in [0, 0.05) is 6.04 Å². The highest BCUT2D eigenvalue weighted by Crippen LogP contribution is 2.15. The van der Waals surface area contributed by atoms with E-state index in [-0.39, 0.29) is 0 Å². The second-order valence-electron chi connectivity index (χ2n) is 8.63. The van der Waals surface area contributed by atoms with Crippen LogP contribution in [0.5, 0.6) is 0 Å². The van der Waals surface area contributed by atoms with Gasteiger partial charge in [-0.15, -0.1) is 0 Å². The molecule has 0 saturated carbocycles. The Labute approximate surface area is 167 Å². The predicted octanol–water partition coefficient (Wildman–Crippen LogP) is 8.76. The average molecular weight is 368 g/mol. The maximum absolute atomic E-state index is 2.64.